The Kier molecular flexibility index (Phi) is 18.0. The first kappa shape index (κ1) is 37.1. The number of imide groups is 1. The van der Waals surface area contributed by atoms with Gasteiger partial charge >= 0.3 is 0 Å². The average Bonchev–Trinajstić information content (AvgIpc) is 3.31. The lowest BCUT2D eigenvalue weighted by molar-refractivity contribution is -0.127. The molecule has 2 heterocycles. The Labute approximate surface area is 256 Å². The number of ether oxygens (including phenoxy) is 1. The second-order valence-corrected chi connectivity index (χ2v) is 10.0. The lowest BCUT2D eigenvalue weighted by Gasteiger charge is -2.29. The van der Waals surface area contributed by atoms with E-state index in [0.29, 0.717) is 24.5 Å². The molecular formula is C31H51N7O5. The van der Waals surface area contributed by atoms with Gasteiger partial charge in [-0.1, -0.05) is 50.6 Å². The number of allylic oxidation sites excluding steroid dienone is 3. The second kappa shape index (κ2) is 20.9. The van der Waals surface area contributed by atoms with Crippen LogP contribution in [0.3, 0.4) is 0 Å². The summed E-state index contributed by atoms with van der Waals surface area (Å²) in [5.41, 5.74) is 8.31. The maximum atomic E-state index is 11.8. The molecule has 240 valence electrons. The summed E-state index contributed by atoms with van der Waals surface area (Å²) in [5, 5.41) is 21.0. The zero-order chi connectivity index (χ0) is 32.2. The summed E-state index contributed by atoms with van der Waals surface area (Å²) in [4.78, 5) is 37.4. The summed E-state index contributed by atoms with van der Waals surface area (Å²) in [6.07, 6.45) is 9.80. The molecular weight excluding hydrogens is 550 g/mol. The molecule has 43 heavy (non-hydrogen) atoms. The minimum absolute atomic E-state index is 0.0777. The standard InChI is InChI=1S/C19H34N6O3.C10H11NO2.C2H6/c1-15(17(21-2)19(27)23-14-26)8-6-4-3-5-7-9-16(20)18(24-28)25-12-10-22-11-13-25;1-11-6-7-3-4-8(13-2)5-9(7)10(11)12;1-2/h5,7,9,14-15,17,21-22,28H,3-4,6,8,10-13,20H2,1-2H3,(H,23,26,27);3-5H,6H2,1-2H3;1-2H3/b7-5-,16-9-,24-18+;;. The molecule has 0 radical (unpaired) electrons. The van der Waals surface area contributed by atoms with Crippen LogP contribution in [0.2, 0.25) is 0 Å². The van der Waals surface area contributed by atoms with Crippen molar-refractivity contribution in [3.05, 3.63) is 53.3 Å². The predicted octanol–water partition coefficient (Wildman–Crippen LogP) is 2.44. The fraction of sp³-hybridized carbons (Fsp3) is 0.548. The van der Waals surface area contributed by atoms with E-state index in [0.717, 1.165) is 68.7 Å². The van der Waals surface area contributed by atoms with Crippen LogP contribution in [-0.4, -0.2) is 92.5 Å². The molecule has 2 atom stereocenters. The number of benzene rings is 1. The van der Waals surface area contributed by atoms with Crippen LogP contribution in [0.5, 0.6) is 5.75 Å². The molecule has 0 saturated carbocycles. The molecule has 0 bridgehead atoms. The number of hydrogen-bond donors (Lipinski definition) is 5. The number of unbranched alkanes of at least 4 members (excludes halogenated alkanes) is 2. The van der Waals surface area contributed by atoms with Gasteiger partial charge in [0.05, 0.1) is 18.8 Å². The van der Waals surface area contributed by atoms with Gasteiger partial charge in [-0.25, -0.2) is 0 Å². The second-order valence-electron chi connectivity index (χ2n) is 10.0. The molecule has 0 spiro atoms. The summed E-state index contributed by atoms with van der Waals surface area (Å²) in [7, 11) is 5.12. The number of piperazine rings is 1. The minimum Gasteiger partial charge on any atom is -0.497 e. The SMILES string of the molecule is CC.CNC(C(=O)NC=O)C(C)CCCC\C=C/C=C(N)/C(=N\O)N1CCNCC1.COc1ccc2c(c1)C(=O)N(C)C2. The largest absolute Gasteiger partial charge is 0.497 e. The molecule has 0 aromatic heterocycles. The van der Waals surface area contributed by atoms with Gasteiger partial charge in [0.2, 0.25) is 12.3 Å². The van der Waals surface area contributed by atoms with Gasteiger partial charge in [0.1, 0.15) is 5.75 Å². The van der Waals surface area contributed by atoms with E-state index in [4.69, 9.17) is 10.5 Å². The van der Waals surface area contributed by atoms with Gasteiger partial charge in [-0.05, 0) is 56.0 Å². The highest BCUT2D eigenvalue weighted by molar-refractivity contribution is 5.98. The van der Waals surface area contributed by atoms with Crippen molar-refractivity contribution < 1.29 is 24.3 Å². The van der Waals surface area contributed by atoms with Crippen molar-refractivity contribution >= 4 is 24.1 Å². The van der Waals surface area contributed by atoms with Gasteiger partial charge in [-0.15, -0.1) is 0 Å². The maximum Gasteiger partial charge on any atom is 0.254 e. The first-order valence-electron chi connectivity index (χ1n) is 14.9. The topological polar surface area (TPSA) is 162 Å². The third kappa shape index (κ3) is 12.1. The molecule has 1 aromatic rings. The molecule has 0 aliphatic carbocycles. The normalized spacial score (nSPS) is 16.4. The number of nitrogens with zero attached hydrogens (tertiary/aromatic N) is 3. The number of hydrogen-bond acceptors (Lipinski definition) is 9. The Morgan fingerprint density at radius 1 is 1.26 bits per heavy atom. The third-order valence-electron chi connectivity index (χ3n) is 7.13. The first-order chi connectivity index (χ1) is 20.8. The van der Waals surface area contributed by atoms with Crippen LogP contribution in [0.25, 0.3) is 0 Å². The van der Waals surface area contributed by atoms with Gasteiger partial charge in [0, 0.05) is 45.3 Å². The fourth-order valence-electron chi connectivity index (χ4n) is 4.79. The smallest absolute Gasteiger partial charge is 0.254 e. The molecule has 2 unspecified atom stereocenters. The molecule has 2 aliphatic heterocycles. The van der Waals surface area contributed by atoms with Crippen LogP contribution in [0.4, 0.5) is 0 Å². The van der Waals surface area contributed by atoms with E-state index in [1.54, 1.807) is 38.2 Å². The summed E-state index contributed by atoms with van der Waals surface area (Å²) >= 11 is 0. The Balaban J connectivity index is 0.000000507. The molecule has 3 amide bonds. The summed E-state index contributed by atoms with van der Waals surface area (Å²) in [6.45, 7) is 9.90. The Morgan fingerprint density at radius 3 is 2.56 bits per heavy atom. The van der Waals surface area contributed by atoms with Gasteiger partial charge in [-0.3, -0.25) is 19.7 Å². The van der Waals surface area contributed by atoms with E-state index in [-0.39, 0.29) is 23.8 Å². The molecule has 1 aromatic carbocycles. The van der Waals surface area contributed by atoms with Gasteiger partial charge < -0.3 is 36.1 Å². The van der Waals surface area contributed by atoms with E-state index in [1.807, 2.05) is 50.0 Å². The van der Waals surface area contributed by atoms with Crippen LogP contribution in [-0.2, 0) is 16.1 Å². The summed E-state index contributed by atoms with van der Waals surface area (Å²) < 4.78 is 5.05. The van der Waals surface area contributed by atoms with Crippen molar-refractivity contribution in [3.8, 4) is 5.75 Å². The molecule has 6 N–H and O–H groups in total. The zero-order valence-corrected chi connectivity index (χ0v) is 26.6. The minimum atomic E-state index is -0.371. The van der Waals surface area contributed by atoms with Crippen molar-refractivity contribution in [2.24, 2.45) is 16.8 Å². The van der Waals surface area contributed by atoms with Crippen LogP contribution >= 0.6 is 0 Å². The molecule has 3 rings (SSSR count). The number of carbonyl (C=O) groups excluding carboxylic acids is 3. The molecule has 12 heteroatoms. The first-order valence-corrected chi connectivity index (χ1v) is 14.9. The van der Waals surface area contributed by atoms with E-state index in [1.165, 1.54) is 0 Å². The number of fused-ring (bicyclic) bond motifs is 1. The van der Waals surface area contributed by atoms with Crippen molar-refractivity contribution in [1.29, 1.82) is 0 Å². The number of carbonyl (C=O) groups is 3. The van der Waals surface area contributed by atoms with Crippen molar-refractivity contribution in [1.82, 2.24) is 25.8 Å². The number of methoxy groups -OCH3 is 1. The van der Waals surface area contributed by atoms with Crippen LogP contribution in [0.1, 0.15) is 62.4 Å². The highest BCUT2D eigenvalue weighted by Crippen LogP contribution is 2.25. The maximum absolute atomic E-state index is 11.8. The summed E-state index contributed by atoms with van der Waals surface area (Å²) in [6, 6.07) is 5.24. The lowest BCUT2D eigenvalue weighted by atomic mass is 9.94. The quantitative estimate of drug-likeness (QED) is 0.0461. The zero-order valence-electron chi connectivity index (χ0n) is 26.6. The fourth-order valence-corrected chi connectivity index (χ4v) is 4.79. The molecule has 12 nitrogen and oxygen atoms in total. The van der Waals surface area contributed by atoms with Gasteiger partial charge in [-0.2, -0.15) is 0 Å². The Morgan fingerprint density at radius 2 is 1.95 bits per heavy atom. The van der Waals surface area contributed by atoms with Crippen LogP contribution < -0.4 is 26.4 Å². The predicted molar refractivity (Wildman–Crippen MR) is 170 cm³/mol. The van der Waals surface area contributed by atoms with E-state index >= 15 is 0 Å². The Bertz CT molecular complexity index is 1100. The van der Waals surface area contributed by atoms with E-state index in [9.17, 15) is 19.6 Å². The number of likely N-dealkylation sites (N-methyl/N-ethyl adjacent to an activating group) is 1. The van der Waals surface area contributed by atoms with Crippen LogP contribution in [0.15, 0.2) is 47.3 Å². The number of rotatable bonds is 12. The number of nitrogens with two attached hydrogens (primary N) is 1. The van der Waals surface area contributed by atoms with Crippen molar-refractivity contribution in [2.75, 3.05) is 47.4 Å². The van der Waals surface area contributed by atoms with Gasteiger partial charge in [0.25, 0.3) is 5.91 Å². The highest BCUT2D eigenvalue weighted by Gasteiger charge is 2.24. The number of amides is 3. The number of oxime groups is 1. The van der Waals surface area contributed by atoms with Crippen molar-refractivity contribution in [3.63, 3.8) is 0 Å². The molecule has 1 saturated heterocycles. The lowest BCUT2D eigenvalue weighted by Crippen LogP contribution is -2.47. The van der Waals surface area contributed by atoms with E-state index < -0.39 is 0 Å². The monoisotopic (exact) mass is 601 g/mol. The highest BCUT2D eigenvalue weighted by atomic mass is 16.5. The van der Waals surface area contributed by atoms with Crippen LogP contribution in [0, 0.1) is 5.92 Å². The molecule has 2 aliphatic rings. The molecule has 1 fully saturated rings. The Hall–Kier alpha value is -3.90. The average molecular weight is 602 g/mol. The van der Waals surface area contributed by atoms with E-state index in [2.05, 4.69) is 21.1 Å². The third-order valence-corrected chi connectivity index (χ3v) is 7.13. The van der Waals surface area contributed by atoms with Gasteiger partial charge in [0.15, 0.2) is 5.84 Å². The number of amidine groups is 1. The number of nitrogens with one attached hydrogen (secondary N) is 3. The van der Waals surface area contributed by atoms with Crippen molar-refractivity contribution in [2.45, 2.75) is 59.0 Å². The summed E-state index contributed by atoms with van der Waals surface area (Å²) in [5.74, 6) is 1.06.